The van der Waals surface area contributed by atoms with Gasteiger partial charge in [-0.05, 0) is 62.7 Å². The van der Waals surface area contributed by atoms with Gasteiger partial charge in [-0.2, -0.15) is 0 Å². The molecule has 1 saturated carbocycles. The van der Waals surface area contributed by atoms with Crippen LogP contribution in [0.5, 0.6) is 0 Å². The number of aromatic nitrogens is 1. The number of pyridine rings is 1. The maximum atomic E-state index is 12.5. The van der Waals surface area contributed by atoms with Crippen molar-refractivity contribution in [3.63, 3.8) is 0 Å². The van der Waals surface area contributed by atoms with E-state index in [-0.39, 0.29) is 11.7 Å². The molecule has 0 radical (unpaired) electrons. The number of allylic oxidation sites excluding steroid dienone is 2. The van der Waals surface area contributed by atoms with Crippen LogP contribution in [-0.4, -0.2) is 10.8 Å². The first-order valence-corrected chi connectivity index (χ1v) is 7.51. The highest BCUT2D eigenvalue weighted by Crippen LogP contribution is 2.32. The Kier molecular flexibility index (Phi) is 3.77. The Hall–Kier alpha value is -1.44. The molecule has 1 heterocycles. The topological polar surface area (TPSA) is 30.0 Å². The molecule has 0 saturated heterocycles. The summed E-state index contributed by atoms with van der Waals surface area (Å²) in [5.41, 5.74) is 3.67. The zero-order valence-electron chi connectivity index (χ0n) is 11.4. The van der Waals surface area contributed by atoms with Gasteiger partial charge in [0, 0.05) is 6.20 Å². The third-order valence-electron chi connectivity index (χ3n) is 4.38. The molecule has 1 unspecified atom stereocenters. The number of carbonyl (C=O) groups is 1. The van der Waals surface area contributed by atoms with E-state index in [1.54, 1.807) is 0 Å². The van der Waals surface area contributed by atoms with Crippen LogP contribution in [-0.2, 0) is 11.2 Å². The van der Waals surface area contributed by atoms with Crippen molar-refractivity contribution in [2.24, 2.45) is 0 Å². The van der Waals surface area contributed by atoms with Gasteiger partial charge in [0.2, 0.25) is 0 Å². The van der Waals surface area contributed by atoms with Crippen LogP contribution in [0.25, 0.3) is 0 Å². The Labute approximate surface area is 114 Å². The van der Waals surface area contributed by atoms with Crippen molar-refractivity contribution in [2.75, 3.05) is 0 Å². The molecule has 1 atom stereocenters. The predicted octanol–water partition coefficient (Wildman–Crippen LogP) is 3.96. The maximum Gasteiger partial charge on any atom is 0.164 e. The van der Waals surface area contributed by atoms with Crippen molar-refractivity contribution in [3.8, 4) is 0 Å². The zero-order chi connectivity index (χ0) is 13.1. The number of ketones is 1. The summed E-state index contributed by atoms with van der Waals surface area (Å²) in [6.07, 6.45) is 13.0. The van der Waals surface area contributed by atoms with E-state index in [0.29, 0.717) is 0 Å². The van der Waals surface area contributed by atoms with E-state index >= 15 is 0 Å². The summed E-state index contributed by atoms with van der Waals surface area (Å²) in [6, 6.07) is 4.10. The minimum atomic E-state index is 0.0133. The van der Waals surface area contributed by atoms with Crippen LogP contribution in [0, 0.1) is 0 Å². The molecule has 2 heteroatoms. The van der Waals surface area contributed by atoms with Crippen LogP contribution >= 0.6 is 0 Å². The van der Waals surface area contributed by atoms with Crippen LogP contribution < -0.4 is 0 Å². The van der Waals surface area contributed by atoms with Gasteiger partial charge < -0.3 is 0 Å². The second-order valence-corrected chi connectivity index (χ2v) is 5.76. The van der Waals surface area contributed by atoms with E-state index in [4.69, 9.17) is 0 Å². The Morgan fingerprint density at radius 1 is 1.16 bits per heavy atom. The first kappa shape index (κ1) is 12.6. The fraction of sp³-hybridized carbons (Fsp3) is 0.529. The smallest absolute Gasteiger partial charge is 0.164 e. The largest absolute Gasteiger partial charge is 0.294 e. The predicted molar refractivity (Wildman–Crippen MR) is 76.1 cm³/mol. The van der Waals surface area contributed by atoms with Gasteiger partial charge in [0.1, 0.15) is 0 Å². The minimum absolute atomic E-state index is 0.0133. The monoisotopic (exact) mass is 255 g/mol. The molecule has 1 aromatic rings. The van der Waals surface area contributed by atoms with Crippen molar-refractivity contribution < 1.29 is 4.79 Å². The Bertz CT molecular complexity index is 496. The lowest BCUT2D eigenvalue weighted by Gasteiger charge is -2.23. The molecule has 19 heavy (non-hydrogen) atoms. The van der Waals surface area contributed by atoms with E-state index in [1.165, 1.54) is 30.4 Å². The molecule has 3 rings (SSSR count). The number of fused-ring (bicyclic) bond motifs is 1. The average Bonchev–Trinajstić information content (AvgIpc) is 2.47. The fourth-order valence-electron chi connectivity index (χ4n) is 3.34. The standard InChI is InChI=1S/C17H21NO/c19-16(12-13-6-2-1-3-7-13)15-10-4-8-14-9-5-11-18-17(14)15/h5,9,11-12,15H,1-4,6-8,10H2. The molecular formula is C17H21NO. The van der Waals surface area contributed by atoms with Crippen LogP contribution in [0.15, 0.2) is 30.0 Å². The summed E-state index contributed by atoms with van der Waals surface area (Å²) in [7, 11) is 0. The van der Waals surface area contributed by atoms with E-state index in [1.807, 2.05) is 18.3 Å². The zero-order valence-corrected chi connectivity index (χ0v) is 11.4. The summed E-state index contributed by atoms with van der Waals surface area (Å²) in [4.78, 5) is 17.0. The molecule has 0 spiro atoms. The van der Waals surface area contributed by atoms with Crippen molar-refractivity contribution in [2.45, 2.75) is 57.3 Å². The van der Waals surface area contributed by atoms with Gasteiger partial charge in [0.15, 0.2) is 5.78 Å². The van der Waals surface area contributed by atoms with Gasteiger partial charge in [0.25, 0.3) is 0 Å². The summed E-state index contributed by atoms with van der Waals surface area (Å²) in [5.74, 6) is 0.302. The van der Waals surface area contributed by atoms with Crippen LogP contribution in [0.3, 0.4) is 0 Å². The number of aryl methyl sites for hydroxylation is 1. The highest BCUT2D eigenvalue weighted by atomic mass is 16.1. The van der Waals surface area contributed by atoms with Crippen molar-refractivity contribution >= 4 is 5.78 Å². The lowest BCUT2D eigenvalue weighted by atomic mass is 9.82. The van der Waals surface area contributed by atoms with Gasteiger partial charge >= 0.3 is 0 Å². The second-order valence-electron chi connectivity index (χ2n) is 5.76. The molecule has 0 N–H and O–H groups in total. The van der Waals surface area contributed by atoms with E-state index in [9.17, 15) is 4.79 Å². The minimum Gasteiger partial charge on any atom is -0.294 e. The van der Waals surface area contributed by atoms with Crippen LogP contribution in [0.1, 0.15) is 62.1 Å². The molecule has 1 fully saturated rings. The van der Waals surface area contributed by atoms with Crippen molar-refractivity contribution in [1.82, 2.24) is 4.98 Å². The molecule has 100 valence electrons. The Morgan fingerprint density at radius 2 is 2.00 bits per heavy atom. The molecule has 0 aromatic carbocycles. The SMILES string of the molecule is O=C(C=C1CCCCC1)C1CCCc2cccnc21. The lowest BCUT2D eigenvalue weighted by Crippen LogP contribution is -2.19. The molecule has 0 bridgehead atoms. The molecular weight excluding hydrogens is 234 g/mol. The van der Waals surface area contributed by atoms with E-state index < -0.39 is 0 Å². The molecule has 2 aliphatic rings. The first-order valence-electron chi connectivity index (χ1n) is 7.51. The van der Waals surface area contributed by atoms with Gasteiger partial charge in [-0.1, -0.05) is 18.1 Å². The average molecular weight is 255 g/mol. The lowest BCUT2D eigenvalue weighted by molar-refractivity contribution is -0.116. The number of rotatable bonds is 2. The highest BCUT2D eigenvalue weighted by molar-refractivity contribution is 5.96. The fourth-order valence-corrected chi connectivity index (χ4v) is 3.34. The molecule has 1 aromatic heterocycles. The molecule has 2 aliphatic carbocycles. The Balaban J connectivity index is 1.81. The van der Waals surface area contributed by atoms with E-state index in [2.05, 4.69) is 11.1 Å². The van der Waals surface area contributed by atoms with E-state index in [0.717, 1.165) is 37.8 Å². The summed E-state index contributed by atoms with van der Waals surface area (Å²) < 4.78 is 0. The van der Waals surface area contributed by atoms with Gasteiger partial charge in [-0.25, -0.2) is 0 Å². The van der Waals surface area contributed by atoms with Crippen LogP contribution in [0.2, 0.25) is 0 Å². The third-order valence-corrected chi connectivity index (χ3v) is 4.38. The summed E-state index contributed by atoms with van der Waals surface area (Å²) >= 11 is 0. The number of nitrogens with zero attached hydrogens (tertiary/aromatic N) is 1. The second kappa shape index (κ2) is 5.68. The molecule has 2 nitrogen and oxygen atoms in total. The molecule has 0 aliphatic heterocycles. The molecule has 0 amide bonds. The third kappa shape index (κ3) is 2.78. The maximum absolute atomic E-state index is 12.5. The number of carbonyl (C=O) groups excluding carboxylic acids is 1. The number of hydrogen-bond donors (Lipinski definition) is 0. The van der Waals surface area contributed by atoms with Crippen molar-refractivity contribution in [1.29, 1.82) is 0 Å². The number of hydrogen-bond acceptors (Lipinski definition) is 2. The normalized spacial score (nSPS) is 22.7. The summed E-state index contributed by atoms with van der Waals surface area (Å²) in [5, 5.41) is 0. The van der Waals surface area contributed by atoms with Gasteiger partial charge in [0.05, 0.1) is 11.6 Å². The van der Waals surface area contributed by atoms with Gasteiger partial charge in [-0.15, -0.1) is 0 Å². The summed E-state index contributed by atoms with van der Waals surface area (Å²) in [6.45, 7) is 0. The van der Waals surface area contributed by atoms with Gasteiger partial charge in [-0.3, -0.25) is 9.78 Å². The highest BCUT2D eigenvalue weighted by Gasteiger charge is 2.26. The Morgan fingerprint density at radius 3 is 2.84 bits per heavy atom. The van der Waals surface area contributed by atoms with Crippen molar-refractivity contribution in [3.05, 3.63) is 41.2 Å². The quantitative estimate of drug-likeness (QED) is 0.749. The van der Waals surface area contributed by atoms with Crippen LogP contribution in [0.4, 0.5) is 0 Å². The first-order chi connectivity index (χ1) is 9.34.